The van der Waals surface area contributed by atoms with Gasteiger partial charge in [0.25, 0.3) is 0 Å². The van der Waals surface area contributed by atoms with Crippen LogP contribution in [0.4, 0.5) is 0 Å². The van der Waals surface area contributed by atoms with Gasteiger partial charge in [0.2, 0.25) is 0 Å². The van der Waals surface area contributed by atoms with Crippen LogP contribution >= 0.6 is 0 Å². The van der Waals surface area contributed by atoms with Crippen molar-refractivity contribution < 1.29 is 4.79 Å². The number of fused-ring (bicyclic) bond motifs is 1. The maximum Gasteiger partial charge on any atom is 0.166 e. The van der Waals surface area contributed by atoms with Gasteiger partial charge in [-0.25, -0.2) is 0 Å². The standard InChI is InChI=1S/C10H13NO/c1-11-9(7-12)6-8-4-2-3-5-10(8)11/h6-7H,2-5H2,1H3. The van der Waals surface area contributed by atoms with Gasteiger partial charge in [0.15, 0.2) is 6.29 Å². The number of hydrogen-bond acceptors (Lipinski definition) is 1. The van der Waals surface area contributed by atoms with E-state index in [1.165, 1.54) is 24.1 Å². The van der Waals surface area contributed by atoms with Gasteiger partial charge in [0, 0.05) is 12.7 Å². The Balaban J connectivity index is 2.51. The van der Waals surface area contributed by atoms with Crippen LogP contribution in [0.5, 0.6) is 0 Å². The fourth-order valence-corrected chi connectivity index (χ4v) is 2.00. The van der Waals surface area contributed by atoms with Crippen molar-refractivity contribution in [2.75, 3.05) is 0 Å². The van der Waals surface area contributed by atoms with Crippen LogP contribution in [-0.2, 0) is 19.9 Å². The molecule has 0 atom stereocenters. The Hall–Kier alpha value is -1.05. The lowest BCUT2D eigenvalue weighted by atomic mass is 9.98. The lowest BCUT2D eigenvalue weighted by Crippen LogP contribution is -2.06. The van der Waals surface area contributed by atoms with E-state index in [0.717, 1.165) is 24.8 Å². The summed E-state index contributed by atoms with van der Waals surface area (Å²) in [5.74, 6) is 0. The molecule has 64 valence electrons. The van der Waals surface area contributed by atoms with Crippen molar-refractivity contribution in [1.82, 2.24) is 4.57 Å². The Morgan fingerprint density at radius 3 is 2.83 bits per heavy atom. The van der Waals surface area contributed by atoms with Gasteiger partial charge in [-0.3, -0.25) is 4.79 Å². The summed E-state index contributed by atoms with van der Waals surface area (Å²) >= 11 is 0. The van der Waals surface area contributed by atoms with Gasteiger partial charge in [-0.15, -0.1) is 0 Å². The van der Waals surface area contributed by atoms with Crippen LogP contribution in [0, 0.1) is 0 Å². The van der Waals surface area contributed by atoms with Crippen LogP contribution < -0.4 is 0 Å². The van der Waals surface area contributed by atoms with Gasteiger partial charge in [-0.1, -0.05) is 0 Å². The largest absolute Gasteiger partial charge is 0.345 e. The molecule has 1 heterocycles. The van der Waals surface area contributed by atoms with E-state index in [0.29, 0.717) is 0 Å². The van der Waals surface area contributed by atoms with Crippen molar-refractivity contribution in [1.29, 1.82) is 0 Å². The fourth-order valence-electron chi connectivity index (χ4n) is 2.00. The highest BCUT2D eigenvalue weighted by atomic mass is 16.1. The molecule has 0 aliphatic heterocycles. The second-order valence-electron chi connectivity index (χ2n) is 3.43. The Bertz CT molecular complexity index is 312. The van der Waals surface area contributed by atoms with Gasteiger partial charge in [0.05, 0.1) is 5.69 Å². The van der Waals surface area contributed by atoms with E-state index in [9.17, 15) is 4.79 Å². The van der Waals surface area contributed by atoms with Crippen LogP contribution in [0.2, 0.25) is 0 Å². The summed E-state index contributed by atoms with van der Waals surface area (Å²) in [4.78, 5) is 10.6. The van der Waals surface area contributed by atoms with Crippen molar-refractivity contribution >= 4 is 6.29 Å². The van der Waals surface area contributed by atoms with E-state index < -0.39 is 0 Å². The second-order valence-corrected chi connectivity index (χ2v) is 3.43. The summed E-state index contributed by atoms with van der Waals surface area (Å²) in [5, 5.41) is 0. The van der Waals surface area contributed by atoms with E-state index in [1.54, 1.807) is 0 Å². The zero-order chi connectivity index (χ0) is 8.55. The van der Waals surface area contributed by atoms with Gasteiger partial charge in [-0.05, 0) is 37.3 Å². The van der Waals surface area contributed by atoms with Gasteiger partial charge >= 0.3 is 0 Å². The highest BCUT2D eigenvalue weighted by Crippen LogP contribution is 2.23. The molecule has 1 aromatic rings. The highest BCUT2D eigenvalue weighted by Gasteiger charge is 2.14. The number of aromatic nitrogens is 1. The summed E-state index contributed by atoms with van der Waals surface area (Å²) < 4.78 is 2.03. The van der Waals surface area contributed by atoms with Gasteiger partial charge in [-0.2, -0.15) is 0 Å². The molecule has 0 saturated heterocycles. The number of aldehydes is 1. The lowest BCUT2D eigenvalue weighted by Gasteiger charge is -2.12. The predicted molar refractivity (Wildman–Crippen MR) is 47.4 cm³/mol. The lowest BCUT2D eigenvalue weighted by molar-refractivity contribution is 0.111. The van der Waals surface area contributed by atoms with Crippen molar-refractivity contribution in [2.24, 2.45) is 7.05 Å². The van der Waals surface area contributed by atoms with Crippen molar-refractivity contribution in [3.8, 4) is 0 Å². The van der Waals surface area contributed by atoms with Crippen LogP contribution in [0.25, 0.3) is 0 Å². The minimum Gasteiger partial charge on any atom is -0.345 e. The molecule has 2 heteroatoms. The number of carbonyl (C=O) groups is 1. The molecule has 2 rings (SSSR count). The summed E-state index contributed by atoms with van der Waals surface area (Å²) in [5.41, 5.74) is 3.57. The molecule has 1 aliphatic carbocycles. The Morgan fingerprint density at radius 2 is 2.17 bits per heavy atom. The predicted octanol–water partition coefficient (Wildman–Crippen LogP) is 1.72. The quantitative estimate of drug-likeness (QED) is 0.578. The molecule has 0 aromatic carbocycles. The first-order chi connectivity index (χ1) is 5.83. The summed E-state index contributed by atoms with van der Waals surface area (Å²) in [7, 11) is 1.98. The topological polar surface area (TPSA) is 22.0 Å². The second kappa shape index (κ2) is 2.77. The van der Waals surface area contributed by atoms with Crippen molar-refractivity contribution in [3.63, 3.8) is 0 Å². The third-order valence-electron chi connectivity index (χ3n) is 2.72. The maximum atomic E-state index is 10.6. The van der Waals surface area contributed by atoms with E-state index >= 15 is 0 Å². The number of carbonyl (C=O) groups excluding carboxylic acids is 1. The third-order valence-corrected chi connectivity index (χ3v) is 2.72. The number of hydrogen-bond donors (Lipinski definition) is 0. The summed E-state index contributed by atoms with van der Waals surface area (Å²) in [6, 6.07) is 2.03. The van der Waals surface area contributed by atoms with Crippen LogP contribution in [0.15, 0.2) is 6.07 Å². The molecule has 0 N–H and O–H groups in total. The molecule has 0 amide bonds. The Morgan fingerprint density at radius 1 is 1.42 bits per heavy atom. The minimum atomic E-state index is 0.821. The zero-order valence-corrected chi connectivity index (χ0v) is 7.34. The monoisotopic (exact) mass is 163 g/mol. The highest BCUT2D eigenvalue weighted by molar-refractivity contribution is 5.73. The average Bonchev–Trinajstić information content (AvgIpc) is 2.44. The molecule has 0 spiro atoms. The molecule has 1 aromatic heterocycles. The van der Waals surface area contributed by atoms with Crippen molar-refractivity contribution in [3.05, 3.63) is 23.0 Å². The molecule has 1 aliphatic rings. The molecular weight excluding hydrogens is 150 g/mol. The first-order valence-electron chi connectivity index (χ1n) is 4.45. The molecule has 0 saturated carbocycles. The third kappa shape index (κ3) is 0.986. The molecular formula is C10H13NO. The maximum absolute atomic E-state index is 10.6. The molecule has 0 fully saturated rings. The van der Waals surface area contributed by atoms with E-state index in [4.69, 9.17) is 0 Å². The fraction of sp³-hybridized carbons (Fsp3) is 0.500. The van der Waals surface area contributed by atoms with Gasteiger partial charge in [0.1, 0.15) is 0 Å². The molecule has 2 nitrogen and oxygen atoms in total. The minimum absolute atomic E-state index is 0.821. The summed E-state index contributed by atoms with van der Waals surface area (Å²) in [6.07, 6.45) is 5.77. The van der Waals surface area contributed by atoms with Crippen molar-refractivity contribution in [2.45, 2.75) is 25.7 Å². The molecule has 0 bridgehead atoms. The van der Waals surface area contributed by atoms with Crippen LogP contribution in [0.1, 0.15) is 34.6 Å². The smallest absolute Gasteiger partial charge is 0.166 e. The van der Waals surface area contributed by atoms with E-state index in [1.807, 2.05) is 17.7 Å². The summed E-state index contributed by atoms with van der Waals surface area (Å²) in [6.45, 7) is 0. The normalized spacial score (nSPS) is 15.8. The first kappa shape index (κ1) is 7.59. The van der Waals surface area contributed by atoms with Crippen LogP contribution in [-0.4, -0.2) is 10.9 Å². The zero-order valence-electron chi connectivity index (χ0n) is 7.34. The number of nitrogens with zero attached hydrogens (tertiary/aromatic N) is 1. The van der Waals surface area contributed by atoms with E-state index in [2.05, 4.69) is 0 Å². The SMILES string of the molecule is Cn1c(C=O)cc2c1CCCC2. The molecule has 12 heavy (non-hydrogen) atoms. The molecule has 0 radical (unpaired) electrons. The average molecular weight is 163 g/mol. The Labute approximate surface area is 72.2 Å². The molecule has 0 unspecified atom stereocenters. The van der Waals surface area contributed by atoms with Gasteiger partial charge < -0.3 is 4.57 Å². The number of rotatable bonds is 1. The first-order valence-corrected chi connectivity index (χ1v) is 4.45. The van der Waals surface area contributed by atoms with Crippen LogP contribution in [0.3, 0.4) is 0 Å². The number of aryl methyl sites for hydroxylation is 1. The Kier molecular flexibility index (Phi) is 1.75. The van der Waals surface area contributed by atoms with E-state index in [-0.39, 0.29) is 0 Å².